The first-order valence-corrected chi connectivity index (χ1v) is 12.1. The summed E-state index contributed by atoms with van der Waals surface area (Å²) in [5.41, 5.74) is 2.63. The van der Waals surface area contributed by atoms with E-state index in [1.807, 2.05) is 38.1 Å². The molecule has 4 nitrogen and oxygen atoms in total. The minimum absolute atomic E-state index is 0.0941. The van der Waals surface area contributed by atoms with Crippen LogP contribution in [-0.4, -0.2) is 49.5 Å². The quantitative estimate of drug-likeness (QED) is 0.603. The van der Waals surface area contributed by atoms with Crippen LogP contribution in [-0.2, 0) is 9.53 Å². The fourth-order valence-electron chi connectivity index (χ4n) is 6.70. The van der Waals surface area contributed by atoms with Crippen molar-refractivity contribution in [3.8, 4) is 11.8 Å². The molecule has 0 spiro atoms. The molecule has 5 rings (SSSR count). The Morgan fingerprint density at radius 2 is 1.89 bits per heavy atom. The lowest BCUT2D eigenvalue weighted by Gasteiger charge is -2.53. The van der Waals surface area contributed by atoms with Crippen LogP contribution in [0.25, 0.3) is 0 Å². The molecule has 35 heavy (non-hydrogen) atoms. The maximum absolute atomic E-state index is 13.0. The zero-order chi connectivity index (χ0) is 25.2. The third kappa shape index (κ3) is 4.01. The molecule has 2 fully saturated rings. The second-order valence-corrected chi connectivity index (χ2v) is 10.7. The molecule has 3 aliphatic carbocycles. The maximum atomic E-state index is 13.0. The van der Waals surface area contributed by atoms with Crippen molar-refractivity contribution in [1.82, 2.24) is 0 Å². The standard InChI is InChI=1S/C28H30F3NO3/c1-26-15-22(17-4-6-19(7-5-17)32(2)3)24-21-9-8-20(33)14-18(21)16-35-25(24)23(26)10-11-27(26,34)12-13-28(29,30)31/h4-7,14,22-23,25,34H,8-11,15-16H2,1-3H3/t22-,23+,25+,26+,27-/m1/s1. The predicted molar refractivity (Wildman–Crippen MR) is 127 cm³/mol. The van der Waals surface area contributed by atoms with Gasteiger partial charge in [0.15, 0.2) is 5.78 Å². The van der Waals surface area contributed by atoms with E-state index in [1.165, 1.54) is 5.92 Å². The summed E-state index contributed by atoms with van der Waals surface area (Å²) in [6.45, 7) is 2.18. The minimum Gasteiger partial charge on any atom is -0.378 e. The molecule has 0 radical (unpaired) electrons. The van der Waals surface area contributed by atoms with Gasteiger partial charge in [-0.15, -0.1) is 0 Å². The van der Waals surface area contributed by atoms with Crippen LogP contribution in [0.15, 0.2) is 47.1 Å². The Bertz CT molecular complexity index is 1170. The van der Waals surface area contributed by atoms with Gasteiger partial charge >= 0.3 is 6.18 Å². The minimum atomic E-state index is -4.66. The number of ketones is 1. The van der Waals surface area contributed by atoms with E-state index < -0.39 is 17.2 Å². The number of halogens is 3. The van der Waals surface area contributed by atoms with Gasteiger partial charge < -0.3 is 14.7 Å². The van der Waals surface area contributed by atoms with Crippen LogP contribution in [0, 0.1) is 23.2 Å². The van der Waals surface area contributed by atoms with Crippen LogP contribution >= 0.6 is 0 Å². The summed E-state index contributed by atoms with van der Waals surface area (Å²) in [7, 11) is 3.93. The van der Waals surface area contributed by atoms with Crippen molar-refractivity contribution in [3.05, 3.63) is 52.6 Å². The predicted octanol–water partition coefficient (Wildman–Crippen LogP) is 4.94. The summed E-state index contributed by atoms with van der Waals surface area (Å²) in [5.74, 6) is 3.38. The highest BCUT2D eigenvalue weighted by Gasteiger charge is 2.63. The normalized spacial score (nSPS) is 34.3. The van der Waals surface area contributed by atoms with Crippen molar-refractivity contribution in [3.63, 3.8) is 0 Å². The number of carbonyl (C=O) groups excluding carboxylic acids is 1. The highest BCUT2D eigenvalue weighted by molar-refractivity contribution is 5.93. The fourth-order valence-corrected chi connectivity index (χ4v) is 6.70. The van der Waals surface area contributed by atoms with Gasteiger partial charge in [-0.3, -0.25) is 4.79 Å². The topological polar surface area (TPSA) is 49.8 Å². The van der Waals surface area contributed by atoms with Crippen molar-refractivity contribution < 1.29 is 27.8 Å². The molecule has 1 heterocycles. The number of nitrogens with zero attached hydrogens (tertiary/aromatic N) is 1. The number of rotatable bonds is 2. The Morgan fingerprint density at radius 3 is 2.54 bits per heavy atom. The number of alkyl halides is 3. The first-order valence-electron chi connectivity index (χ1n) is 12.1. The highest BCUT2D eigenvalue weighted by atomic mass is 19.4. The average Bonchev–Trinajstić information content (AvgIpc) is 3.07. The number of carbonyl (C=O) groups is 1. The second-order valence-electron chi connectivity index (χ2n) is 10.7. The Hall–Kier alpha value is -2.56. The number of anilines is 1. The molecule has 2 saturated carbocycles. The summed E-state index contributed by atoms with van der Waals surface area (Å²) in [6.07, 6.45) is -1.04. The molecule has 0 bridgehead atoms. The van der Waals surface area contributed by atoms with Gasteiger partial charge in [-0.25, -0.2) is 0 Å². The summed E-state index contributed by atoms with van der Waals surface area (Å²) in [5, 5.41) is 11.5. The van der Waals surface area contributed by atoms with Crippen LogP contribution in [0.5, 0.6) is 0 Å². The molecule has 1 N–H and O–H groups in total. The van der Waals surface area contributed by atoms with E-state index in [0.717, 1.165) is 28.0 Å². The second kappa shape index (κ2) is 8.25. The first kappa shape index (κ1) is 24.1. The van der Waals surface area contributed by atoms with Gasteiger partial charge in [0, 0.05) is 43.5 Å². The van der Waals surface area contributed by atoms with Gasteiger partial charge in [0.1, 0.15) is 5.60 Å². The van der Waals surface area contributed by atoms with E-state index in [9.17, 15) is 23.1 Å². The lowest BCUT2D eigenvalue weighted by molar-refractivity contribution is -0.115. The van der Waals surface area contributed by atoms with Crippen LogP contribution in [0.2, 0.25) is 0 Å². The summed E-state index contributed by atoms with van der Waals surface area (Å²) < 4.78 is 45.4. The lowest BCUT2D eigenvalue weighted by atomic mass is 9.55. The number of ether oxygens (including phenoxy) is 1. The number of fused-ring (bicyclic) bond motifs is 4. The molecule has 5 atom stereocenters. The molecule has 4 aliphatic rings. The first-order chi connectivity index (χ1) is 16.4. The van der Waals surface area contributed by atoms with Crippen LogP contribution in [0.1, 0.15) is 50.5 Å². The molecule has 0 amide bonds. The Labute approximate surface area is 203 Å². The lowest BCUT2D eigenvalue weighted by Crippen LogP contribution is -2.53. The molecular weight excluding hydrogens is 455 g/mol. The van der Waals surface area contributed by atoms with Crippen molar-refractivity contribution in [2.24, 2.45) is 11.3 Å². The Morgan fingerprint density at radius 1 is 1.17 bits per heavy atom. The zero-order valence-electron chi connectivity index (χ0n) is 20.2. The van der Waals surface area contributed by atoms with Crippen molar-refractivity contribution in [2.75, 3.05) is 25.6 Å². The van der Waals surface area contributed by atoms with Gasteiger partial charge in [-0.05, 0) is 72.1 Å². The van der Waals surface area contributed by atoms with Gasteiger partial charge in [-0.2, -0.15) is 13.2 Å². The number of hydrogen-bond donors (Lipinski definition) is 1. The molecule has 1 aromatic rings. The summed E-state index contributed by atoms with van der Waals surface area (Å²) in [4.78, 5) is 14.1. The van der Waals surface area contributed by atoms with E-state index in [-0.39, 0.29) is 30.1 Å². The maximum Gasteiger partial charge on any atom is 0.457 e. The van der Waals surface area contributed by atoms with Gasteiger partial charge in [0.25, 0.3) is 0 Å². The molecule has 0 unspecified atom stereocenters. The van der Waals surface area contributed by atoms with Crippen molar-refractivity contribution in [1.29, 1.82) is 0 Å². The Kier molecular flexibility index (Phi) is 5.69. The third-order valence-electron chi connectivity index (χ3n) is 8.59. The highest BCUT2D eigenvalue weighted by Crippen LogP contribution is 2.64. The van der Waals surface area contributed by atoms with E-state index in [2.05, 4.69) is 18.1 Å². The number of aliphatic hydroxyl groups is 1. The van der Waals surface area contributed by atoms with Crippen LogP contribution in [0.3, 0.4) is 0 Å². The van der Waals surface area contributed by atoms with Gasteiger partial charge in [0.2, 0.25) is 0 Å². The summed E-state index contributed by atoms with van der Waals surface area (Å²) >= 11 is 0. The monoisotopic (exact) mass is 485 g/mol. The van der Waals surface area contributed by atoms with Gasteiger partial charge in [-0.1, -0.05) is 25.0 Å². The largest absolute Gasteiger partial charge is 0.457 e. The van der Waals surface area contributed by atoms with E-state index in [1.54, 1.807) is 6.08 Å². The van der Waals surface area contributed by atoms with E-state index >= 15 is 0 Å². The molecule has 186 valence electrons. The SMILES string of the molecule is CN(C)c1ccc([C@H]2C[C@@]3(C)[C@@H](CC[C@@]3(O)C#CC(F)(F)F)[C@@H]3OCC4=CC(=O)CCC4=C32)cc1. The van der Waals surface area contributed by atoms with Crippen molar-refractivity contribution in [2.45, 2.75) is 62.8 Å². The van der Waals surface area contributed by atoms with E-state index in [4.69, 9.17) is 4.74 Å². The molecule has 1 aromatic carbocycles. The van der Waals surface area contributed by atoms with E-state index in [0.29, 0.717) is 32.3 Å². The smallest absolute Gasteiger partial charge is 0.378 e. The molecule has 0 aromatic heterocycles. The average molecular weight is 486 g/mol. The molecular formula is C28H30F3NO3. The number of benzene rings is 1. The van der Waals surface area contributed by atoms with Crippen LogP contribution in [0.4, 0.5) is 18.9 Å². The van der Waals surface area contributed by atoms with Gasteiger partial charge in [0.05, 0.1) is 12.7 Å². The Balaban J connectivity index is 1.65. The number of hydrogen-bond acceptors (Lipinski definition) is 4. The fraction of sp³-hybridized carbons (Fsp3) is 0.536. The summed E-state index contributed by atoms with van der Waals surface area (Å²) in [6, 6.07) is 8.16. The van der Waals surface area contributed by atoms with Crippen LogP contribution < -0.4 is 4.90 Å². The number of allylic oxidation sites excluding steroid dienone is 1. The van der Waals surface area contributed by atoms with Crippen molar-refractivity contribution >= 4 is 11.5 Å². The molecule has 7 heteroatoms. The molecule has 0 saturated heterocycles. The molecule has 1 aliphatic heterocycles. The third-order valence-corrected chi connectivity index (χ3v) is 8.59. The zero-order valence-corrected chi connectivity index (χ0v) is 20.2.